The number of rotatable bonds is 8. The van der Waals surface area contributed by atoms with Gasteiger partial charge in [0.1, 0.15) is 5.76 Å². The molecule has 2 aliphatic heterocycles. The van der Waals surface area contributed by atoms with E-state index in [0.29, 0.717) is 5.89 Å². The molecule has 0 bridgehead atoms. The van der Waals surface area contributed by atoms with E-state index in [9.17, 15) is 4.79 Å². The summed E-state index contributed by atoms with van der Waals surface area (Å²) in [5, 5.41) is 7.90. The van der Waals surface area contributed by atoms with E-state index in [1.54, 1.807) is 0 Å². The lowest BCUT2D eigenvalue weighted by Gasteiger charge is -2.31. The number of amides is 1. The normalized spacial score (nSPS) is 17.7. The maximum Gasteiger partial charge on any atom is 0.227 e. The standard InChI is InChI=1S/C33H40N4O2/c1-24-30(23-37-20-14-25(15-21-37)32(38)34-16-9-19-36-17-7-2-8-18-36)35-33(39-24)31-28-12-5-3-10-26(28)22-27-11-4-6-13-29(27)31/h3-6,10-13,22,25H,2,7-9,14-21,23H2,1H3,(H,34,38). The summed E-state index contributed by atoms with van der Waals surface area (Å²) in [4.78, 5) is 22.7. The zero-order valence-electron chi connectivity index (χ0n) is 23.1. The molecule has 2 aliphatic rings. The summed E-state index contributed by atoms with van der Waals surface area (Å²) in [6.07, 6.45) is 6.85. The van der Waals surface area contributed by atoms with Gasteiger partial charge in [0, 0.05) is 19.0 Å². The Labute approximate surface area is 231 Å². The van der Waals surface area contributed by atoms with Crippen molar-refractivity contribution >= 4 is 27.5 Å². The number of hydrogen-bond donors (Lipinski definition) is 1. The first-order valence-corrected chi connectivity index (χ1v) is 14.8. The minimum atomic E-state index is 0.118. The Bertz CT molecular complexity index is 1380. The van der Waals surface area contributed by atoms with Gasteiger partial charge in [0.15, 0.2) is 0 Å². The highest BCUT2D eigenvalue weighted by Crippen LogP contribution is 2.37. The summed E-state index contributed by atoms with van der Waals surface area (Å²) in [6.45, 7) is 8.92. The van der Waals surface area contributed by atoms with E-state index in [1.165, 1.54) is 43.1 Å². The van der Waals surface area contributed by atoms with Gasteiger partial charge < -0.3 is 14.6 Å². The quantitative estimate of drug-likeness (QED) is 0.221. The molecule has 1 amide bonds. The lowest BCUT2D eigenvalue weighted by atomic mass is 9.95. The summed E-state index contributed by atoms with van der Waals surface area (Å²) in [7, 11) is 0. The van der Waals surface area contributed by atoms with E-state index in [1.807, 2.05) is 6.92 Å². The van der Waals surface area contributed by atoms with Gasteiger partial charge in [0.25, 0.3) is 0 Å². The summed E-state index contributed by atoms with van der Waals surface area (Å²) >= 11 is 0. The van der Waals surface area contributed by atoms with Crippen LogP contribution in [-0.4, -0.2) is 60.0 Å². The van der Waals surface area contributed by atoms with E-state index in [4.69, 9.17) is 9.40 Å². The number of fused-ring (bicyclic) bond motifs is 2. The van der Waals surface area contributed by atoms with Crippen LogP contribution >= 0.6 is 0 Å². The van der Waals surface area contributed by atoms with Crippen LogP contribution in [0.15, 0.2) is 59.0 Å². The van der Waals surface area contributed by atoms with E-state index < -0.39 is 0 Å². The lowest BCUT2D eigenvalue weighted by Crippen LogP contribution is -2.41. The molecule has 4 aromatic rings. The van der Waals surface area contributed by atoms with Crippen LogP contribution < -0.4 is 5.32 Å². The molecule has 6 rings (SSSR count). The monoisotopic (exact) mass is 524 g/mol. The molecular formula is C33H40N4O2. The number of aromatic nitrogens is 1. The minimum absolute atomic E-state index is 0.118. The molecule has 2 saturated heterocycles. The smallest absolute Gasteiger partial charge is 0.227 e. The topological polar surface area (TPSA) is 61.6 Å². The van der Waals surface area contributed by atoms with Crippen molar-refractivity contribution in [3.63, 3.8) is 0 Å². The number of carbonyl (C=O) groups excluding carboxylic acids is 1. The predicted molar refractivity (Wildman–Crippen MR) is 158 cm³/mol. The van der Waals surface area contributed by atoms with Gasteiger partial charge in [-0.1, -0.05) is 55.0 Å². The summed E-state index contributed by atoms with van der Waals surface area (Å²) < 4.78 is 6.31. The SMILES string of the molecule is Cc1oc(-c2c3ccccc3cc3ccccc23)nc1CN1CCC(C(=O)NCCCN2CCCCC2)CC1. The highest BCUT2D eigenvalue weighted by Gasteiger charge is 2.26. The molecule has 0 aliphatic carbocycles. The van der Waals surface area contributed by atoms with Gasteiger partial charge >= 0.3 is 0 Å². The van der Waals surface area contributed by atoms with Crippen molar-refractivity contribution in [2.24, 2.45) is 5.92 Å². The van der Waals surface area contributed by atoms with E-state index in [-0.39, 0.29) is 11.8 Å². The first kappa shape index (κ1) is 26.0. The molecule has 0 atom stereocenters. The lowest BCUT2D eigenvalue weighted by molar-refractivity contribution is -0.126. The van der Waals surface area contributed by atoms with Crippen LogP contribution in [-0.2, 0) is 11.3 Å². The summed E-state index contributed by atoms with van der Waals surface area (Å²) in [5.74, 6) is 1.91. The molecule has 1 aromatic heterocycles. The molecule has 0 unspecified atom stereocenters. The van der Waals surface area contributed by atoms with Gasteiger partial charge in [-0.25, -0.2) is 4.98 Å². The number of oxazole rings is 1. The molecule has 204 valence electrons. The number of aryl methyl sites for hydroxylation is 1. The Hall–Kier alpha value is -3.22. The van der Waals surface area contributed by atoms with Gasteiger partial charge in [-0.2, -0.15) is 0 Å². The van der Waals surface area contributed by atoms with Crippen molar-refractivity contribution in [2.75, 3.05) is 39.3 Å². The van der Waals surface area contributed by atoms with E-state index in [2.05, 4.69) is 69.7 Å². The summed E-state index contributed by atoms with van der Waals surface area (Å²) in [6, 6.07) is 19.1. The van der Waals surface area contributed by atoms with Gasteiger partial charge in [0.05, 0.1) is 11.3 Å². The third-order valence-corrected chi connectivity index (χ3v) is 8.61. The zero-order valence-corrected chi connectivity index (χ0v) is 23.1. The van der Waals surface area contributed by atoms with Crippen molar-refractivity contribution in [2.45, 2.75) is 52.0 Å². The number of likely N-dealkylation sites (tertiary alicyclic amines) is 2. The van der Waals surface area contributed by atoms with Crippen molar-refractivity contribution in [1.82, 2.24) is 20.1 Å². The second-order valence-corrected chi connectivity index (χ2v) is 11.3. The van der Waals surface area contributed by atoms with E-state index >= 15 is 0 Å². The first-order valence-electron chi connectivity index (χ1n) is 14.8. The average Bonchev–Trinajstić information content (AvgIpc) is 3.33. The summed E-state index contributed by atoms with van der Waals surface area (Å²) in [5.41, 5.74) is 2.05. The van der Waals surface area contributed by atoms with Crippen LogP contribution in [0.25, 0.3) is 33.0 Å². The maximum absolute atomic E-state index is 12.8. The molecule has 6 heteroatoms. The third kappa shape index (κ3) is 5.87. The van der Waals surface area contributed by atoms with Crippen LogP contribution in [0.5, 0.6) is 0 Å². The molecule has 2 fully saturated rings. The molecule has 1 N–H and O–H groups in total. The highest BCUT2D eigenvalue weighted by molar-refractivity contribution is 6.11. The van der Waals surface area contributed by atoms with Crippen molar-refractivity contribution in [1.29, 1.82) is 0 Å². The molecular weight excluding hydrogens is 484 g/mol. The highest BCUT2D eigenvalue weighted by atomic mass is 16.4. The van der Waals surface area contributed by atoms with Crippen molar-refractivity contribution in [3.8, 4) is 11.5 Å². The maximum atomic E-state index is 12.8. The number of piperidine rings is 2. The van der Waals surface area contributed by atoms with Crippen LogP contribution in [0.1, 0.15) is 50.0 Å². The molecule has 0 radical (unpaired) electrons. The fourth-order valence-electron chi connectivity index (χ4n) is 6.33. The molecule has 0 spiro atoms. The number of carbonyl (C=O) groups is 1. The molecule has 0 saturated carbocycles. The predicted octanol–water partition coefficient (Wildman–Crippen LogP) is 6.16. The Morgan fingerprint density at radius 3 is 2.28 bits per heavy atom. The van der Waals surface area contributed by atoms with Gasteiger partial charge in [-0.3, -0.25) is 9.69 Å². The number of benzene rings is 3. The van der Waals surface area contributed by atoms with Crippen LogP contribution in [0.3, 0.4) is 0 Å². The van der Waals surface area contributed by atoms with Crippen LogP contribution in [0.2, 0.25) is 0 Å². The second kappa shape index (κ2) is 11.9. The largest absolute Gasteiger partial charge is 0.441 e. The fraction of sp³-hybridized carbons (Fsp3) is 0.455. The molecule has 6 nitrogen and oxygen atoms in total. The van der Waals surface area contributed by atoms with Crippen molar-refractivity contribution < 1.29 is 9.21 Å². The molecule has 3 aromatic carbocycles. The second-order valence-electron chi connectivity index (χ2n) is 11.3. The van der Waals surface area contributed by atoms with Gasteiger partial charge in [-0.05, 0) is 99.4 Å². The average molecular weight is 525 g/mol. The Morgan fingerprint density at radius 1 is 0.923 bits per heavy atom. The first-order chi connectivity index (χ1) is 19.2. The number of nitrogens with zero attached hydrogens (tertiary/aromatic N) is 3. The van der Waals surface area contributed by atoms with Crippen molar-refractivity contribution in [3.05, 3.63) is 66.1 Å². The third-order valence-electron chi connectivity index (χ3n) is 8.61. The molecule has 3 heterocycles. The zero-order chi connectivity index (χ0) is 26.6. The Balaban J connectivity index is 1.07. The number of nitrogens with one attached hydrogen (secondary N) is 1. The molecule has 39 heavy (non-hydrogen) atoms. The Kier molecular flexibility index (Phi) is 7.93. The Morgan fingerprint density at radius 2 is 1.59 bits per heavy atom. The van der Waals surface area contributed by atoms with Gasteiger partial charge in [-0.15, -0.1) is 0 Å². The minimum Gasteiger partial charge on any atom is -0.441 e. The fourth-order valence-corrected chi connectivity index (χ4v) is 6.33. The van der Waals surface area contributed by atoms with E-state index in [0.717, 1.165) is 79.8 Å². The number of hydrogen-bond acceptors (Lipinski definition) is 5. The van der Waals surface area contributed by atoms with Crippen LogP contribution in [0.4, 0.5) is 0 Å². The van der Waals surface area contributed by atoms with Gasteiger partial charge in [0.2, 0.25) is 11.8 Å². The van der Waals surface area contributed by atoms with Crippen LogP contribution in [0, 0.1) is 12.8 Å².